The maximum atomic E-state index is 11.1. The summed E-state index contributed by atoms with van der Waals surface area (Å²) in [6.45, 7) is 0. The van der Waals surface area contributed by atoms with Crippen LogP contribution in [-0.2, 0) is 0 Å². The van der Waals surface area contributed by atoms with Gasteiger partial charge >= 0.3 is 5.97 Å². The van der Waals surface area contributed by atoms with Crippen LogP contribution >= 0.6 is 16.1 Å². The highest BCUT2D eigenvalue weighted by Crippen LogP contribution is 2.26. The van der Waals surface area contributed by atoms with E-state index in [0.717, 1.165) is 10.8 Å². The minimum absolute atomic E-state index is 0.282. The van der Waals surface area contributed by atoms with Gasteiger partial charge in [-0.2, -0.15) is 0 Å². The number of aromatic carboxylic acids is 1. The van der Waals surface area contributed by atoms with Crippen molar-refractivity contribution in [3.8, 4) is 0 Å². The van der Waals surface area contributed by atoms with Crippen LogP contribution in [0.2, 0.25) is 0 Å². The Morgan fingerprint density at radius 2 is 1.93 bits per heavy atom. The molecule has 0 aliphatic rings. The third kappa shape index (κ3) is 1.68. The number of benzene rings is 2. The number of fused-ring (bicyclic) bond motifs is 1. The number of rotatable bonds is 2. The lowest BCUT2D eigenvalue weighted by molar-refractivity contribution is 0.0700. The average molecular weight is 266 g/mol. The molecular weight excluding hydrogens is 258 g/mol. The topological polar surface area (TPSA) is 49.3 Å². The Bertz CT molecular complexity index is 525. The lowest BCUT2D eigenvalue weighted by Gasteiger charge is -2.07. The molecule has 2 aromatic carbocycles. The monoisotopic (exact) mass is 265 g/mol. The van der Waals surface area contributed by atoms with Gasteiger partial charge in [0.25, 0.3) is 0 Å². The van der Waals surface area contributed by atoms with Crippen LogP contribution in [0.4, 0.5) is 5.69 Å². The fraction of sp³-hybridized carbons (Fsp3) is 0. The normalized spacial score (nSPS) is 10.2. The van der Waals surface area contributed by atoms with Gasteiger partial charge in [-0.05, 0) is 16.8 Å². The van der Waals surface area contributed by atoms with E-state index in [-0.39, 0.29) is 5.56 Å². The van der Waals surface area contributed by atoms with E-state index in [2.05, 4.69) is 20.5 Å². The molecule has 15 heavy (non-hydrogen) atoms. The van der Waals surface area contributed by atoms with E-state index in [1.54, 1.807) is 12.1 Å². The highest BCUT2D eigenvalue weighted by molar-refractivity contribution is 9.10. The Balaban J connectivity index is 2.85. The zero-order chi connectivity index (χ0) is 10.8. The Hall–Kier alpha value is -1.55. The Labute approximate surface area is 95.1 Å². The van der Waals surface area contributed by atoms with E-state index in [4.69, 9.17) is 5.11 Å². The number of carbonyl (C=O) groups is 1. The molecule has 2 aromatic rings. The molecule has 0 bridgehead atoms. The molecule has 76 valence electrons. The van der Waals surface area contributed by atoms with Crippen LogP contribution in [0.15, 0.2) is 36.4 Å². The van der Waals surface area contributed by atoms with Gasteiger partial charge in [0.2, 0.25) is 0 Å². The minimum Gasteiger partial charge on any atom is -0.478 e. The van der Waals surface area contributed by atoms with Gasteiger partial charge in [0, 0.05) is 16.1 Å². The van der Waals surface area contributed by atoms with E-state index in [1.807, 2.05) is 24.3 Å². The first-order valence-electron chi connectivity index (χ1n) is 4.35. The standard InChI is InChI=1S/C11H8BrNO2/c12-13-9-6-5-7-3-1-2-4-8(7)10(9)11(14)15/h1-6,13H,(H,14,15). The number of nitrogens with one attached hydrogen (secondary N) is 1. The van der Waals surface area contributed by atoms with Crippen molar-refractivity contribution >= 4 is 38.6 Å². The second-order valence-corrected chi connectivity index (χ2v) is 3.51. The zero-order valence-corrected chi connectivity index (χ0v) is 9.28. The molecule has 2 N–H and O–H groups in total. The quantitative estimate of drug-likeness (QED) is 0.820. The van der Waals surface area contributed by atoms with Crippen LogP contribution in [0.3, 0.4) is 0 Å². The molecule has 0 fully saturated rings. The maximum absolute atomic E-state index is 11.1. The minimum atomic E-state index is -0.936. The molecular formula is C11H8BrNO2. The summed E-state index contributed by atoms with van der Waals surface area (Å²) in [6.07, 6.45) is 0. The summed E-state index contributed by atoms with van der Waals surface area (Å²) in [5, 5.41) is 10.8. The Morgan fingerprint density at radius 1 is 1.20 bits per heavy atom. The number of hydrogen-bond donors (Lipinski definition) is 2. The third-order valence-corrected chi connectivity index (χ3v) is 2.67. The lowest BCUT2D eigenvalue weighted by Crippen LogP contribution is -2.01. The average Bonchev–Trinajstić information content (AvgIpc) is 2.27. The summed E-state index contributed by atoms with van der Waals surface area (Å²) >= 11 is 3.05. The van der Waals surface area contributed by atoms with Gasteiger partial charge in [0.1, 0.15) is 0 Å². The first-order chi connectivity index (χ1) is 7.24. The molecule has 4 heteroatoms. The number of carboxylic acid groups (broad SMARTS) is 1. The summed E-state index contributed by atoms with van der Waals surface area (Å²) in [4.78, 5) is 11.1. The number of anilines is 1. The highest BCUT2D eigenvalue weighted by atomic mass is 79.9. The van der Waals surface area contributed by atoms with Crippen LogP contribution in [0.5, 0.6) is 0 Å². The summed E-state index contributed by atoms with van der Waals surface area (Å²) < 4.78 is 2.70. The van der Waals surface area contributed by atoms with E-state index < -0.39 is 5.97 Å². The number of hydrogen-bond acceptors (Lipinski definition) is 2. The van der Waals surface area contributed by atoms with Gasteiger partial charge in [-0.25, -0.2) is 4.79 Å². The van der Waals surface area contributed by atoms with Gasteiger partial charge in [0.15, 0.2) is 0 Å². The summed E-state index contributed by atoms with van der Waals surface area (Å²) in [6, 6.07) is 11.0. The predicted octanol–water partition coefficient (Wildman–Crippen LogP) is 3.26. The van der Waals surface area contributed by atoms with Gasteiger partial charge < -0.3 is 9.45 Å². The molecule has 0 unspecified atom stereocenters. The van der Waals surface area contributed by atoms with E-state index in [0.29, 0.717) is 5.69 Å². The molecule has 0 heterocycles. The maximum Gasteiger partial charge on any atom is 0.338 e. The van der Waals surface area contributed by atoms with Crippen molar-refractivity contribution in [3.63, 3.8) is 0 Å². The van der Waals surface area contributed by atoms with Gasteiger partial charge in [-0.1, -0.05) is 30.3 Å². The summed E-state index contributed by atoms with van der Waals surface area (Å²) in [5.41, 5.74) is 0.839. The molecule has 0 atom stereocenters. The first-order valence-corrected chi connectivity index (χ1v) is 5.15. The van der Waals surface area contributed by atoms with Crippen LogP contribution in [0.1, 0.15) is 10.4 Å². The second-order valence-electron chi connectivity index (χ2n) is 3.11. The van der Waals surface area contributed by atoms with Gasteiger partial charge in [-0.3, -0.25) is 0 Å². The molecule has 2 rings (SSSR count). The Morgan fingerprint density at radius 3 is 2.60 bits per heavy atom. The van der Waals surface area contributed by atoms with Crippen LogP contribution in [-0.4, -0.2) is 11.1 Å². The number of carboxylic acids is 1. The summed E-state index contributed by atoms with van der Waals surface area (Å²) in [5.74, 6) is -0.936. The Kier molecular flexibility index (Phi) is 2.60. The van der Waals surface area contributed by atoms with Crippen molar-refractivity contribution in [1.29, 1.82) is 0 Å². The van der Waals surface area contributed by atoms with Crippen LogP contribution in [0, 0.1) is 0 Å². The van der Waals surface area contributed by atoms with Crippen molar-refractivity contribution < 1.29 is 9.90 Å². The molecule has 0 saturated carbocycles. The van der Waals surface area contributed by atoms with E-state index in [1.165, 1.54) is 0 Å². The molecule has 3 nitrogen and oxygen atoms in total. The molecule has 0 amide bonds. The third-order valence-electron chi connectivity index (χ3n) is 2.24. The van der Waals surface area contributed by atoms with Crippen LogP contribution < -0.4 is 4.34 Å². The van der Waals surface area contributed by atoms with E-state index in [9.17, 15) is 4.79 Å². The van der Waals surface area contributed by atoms with Gasteiger partial charge in [-0.15, -0.1) is 0 Å². The zero-order valence-electron chi connectivity index (χ0n) is 7.70. The molecule has 0 spiro atoms. The predicted molar refractivity (Wildman–Crippen MR) is 63.5 cm³/mol. The molecule has 0 radical (unpaired) electrons. The van der Waals surface area contributed by atoms with Gasteiger partial charge in [0.05, 0.1) is 11.3 Å². The SMILES string of the molecule is O=C(O)c1c(NBr)ccc2ccccc12. The summed E-state index contributed by atoms with van der Waals surface area (Å²) in [7, 11) is 0. The van der Waals surface area contributed by atoms with Crippen molar-refractivity contribution in [2.24, 2.45) is 0 Å². The molecule has 0 saturated heterocycles. The molecule has 0 aliphatic heterocycles. The smallest absolute Gasteiger partial charge is 0.338 e. The van der Waals surface area contributed by atoms with E-state index >= 15 is 0 Å². The van der Waals surface area contributed by atoms with Crippen molar-refractivity contribution in [1.82, 2.24) is 0 Å². The first kappa shape index (κ1) is 9.98. The van der Waals surface area contributed by atoms with Crippen molar-refractivity contribution in [2.45, 2.75) is 0 Å². The highest BCUT2D eigenvalue weighted by Gasteiger charge is 2.13. The number of halogens is 1. The second kappa shape index (κ2) is 3.90. The van der Waals surface area contributed by atoms with Crippen LogP contribution in [0.25, 0.3) is 10.8 Å². The largest absolute Gasteiger partial charge is 0.478 e. The fourth-order valence-corrected chi connectivity index (χ4v) is 1.91. The molecule has 0 aliphatic carbocycles. The van der Waals surface area contributed by atoms with Crippen molar-refractivity contribution in [3.05, 3.63) is 42.0 Å². The van der Waals surface area contributed by atoms with Crippen molar-refractivity contribution in [2.75, 3.05) is 4.34 Å². The molecule has 0 aromatic heterocycles. The fourth-order valence-electron chi connectivity index (χ4n) is 1.58. The lowest BCUT2D eigenvalue weighted by atomic mass is 10.0.